The molecule has 0 aliphatic rings. The van der Waals surface area contributed by atoms with E-state index in [0.717, 1.165) is 12.1 Å². The third kappa shape index (κ3) is 3.05. The van der Waals surface area contributed by atoms with Crippen LogP contribution in [-0.4, -0.2) is 10.5 Å². The SMILES string of the molecule is CCc1ccc(C(=O)NCc2ccc(C)n2C)cc1. The predicted molar refractivity (Wildman–Crippen MR) is 77.1 cm³/mol. The Hall–Kier alpha value is -2.03. The molecule has 1 aromatic heterocycles. The number of aromatic nitrogens is 1. The molecule has 3 heteroatoms. The lowest BCUT2D eigenvalue weighted by atomic mass is 10.1. The van der Waals surface area contributed by atoms with Gasteiger partial charge in [-0.05, 0) is 43.2 Å². The van der Waals surface area contributed by atoms with E-state index >= 15 is 0 Å². The smallest absolute Gasteiger partial charge is 0.251 e. The third-order valence-corrected chi connectivity index (χ3v) is 3.53. The molecule has 0 atom stereocenters. The number of carbonyl (C=O) groups excluding carboxylic acids is 1. The predicted octanol–water partition coefficient (Wildman–Crippen LogP) is 2.83. The number of carbonyl (C=O) groups is 1. The molecule has 0 aliphatic carbocycles. The summed E-state index contributed by atoms with van der Waals surface area (Å²) < 4.78 is 2.08. The first-order chi connectivity index (χ1) is 9.11. The van der Waals surface area contributed by atoms with Crippen LogP contribution in [0.4, 0.5) is 0 Å². The van der Waals surface area contributed by atoms with Gasteiger partial charge in [0.1, 0.15) is 0 Å². The molecule has 0 aliphatic heterocycles. The second-order valence-electron chi connectivity index (χ2n) is 4.76. The minimum Gasteiger partial charge on any atom is -0.350 e. The Morgan fingerprint density at radius 1 is 1.16 bits per heavy atom. The van der Waals surface area contributed by atoms with Crippen LogP contribution in [0.5, 0.6) is 0 Å². The average molecular weight is 256 g/mol. The van der Waals surface area contributed by atoms with Gasteiger partial charge in [-0.2, -0.15) is 0 Å². The van der Waals surface area contributed by atoms with Crippen LogP contribution in [0.3, 0.4) is 0 Å². The molecule has 0 spiro atoms. The van der Waals surface area contributed by atoms with E-state index in [2.05, 4.69) is 29.8 Å². The fourth-order valence-electron chi connectivity index (χ4n) is 2.01. The van der Waals surface area contributed by atoms with Gasteiger partial charge in [-0.1, -0.05) is 19.1 Å². The van der Waals surface area contributed by atoms with Gasteiger partial charge in [0.2, 0.25) is 0 Å². The number of hydrogen-bond donors (Lipinski definition) is 1. The minimum absolute atomic E-state index is 0.0264. The van der Waals surface area contributed by atoms with Gasteiger partial charge < -0.3 is 9.88 Å². The first-order valence-electron chi connectivity index (χ1n) is 6.60. The molecule has 1 N–H and O–H groups in total. The van der Waals surface area contributed by atoms with Gasteiger partial charge in [-0.25, -0.2) is 0 Å². The lowest BCUT2D eigenvalue weighted by molar-refractivity contribution is 0.0950. The van der Waals surface area contributed by atoms with Crippen molar-refractivity contribution in [2.75, 3.05) is 0 Å². The van der Waals surface area contributed by atoms with E-state index in [-0.39, 0.29) is 5.91 Å². The second kappa shape index (κ2) is 5.74. The summed E-state index contributed by atoms with van der Waals surface area (Å²) in [4.78, 5) is 12.0. The summed E-state index contributed by atoms with van der Waals surface area (Å²) in [6.07, 6.45) is 0.991. The van der Waals surface area contributed by atoms with Crippen molar-refractivity contribution < 1.29 is 4.79 Å². The maximum atomic E-state index is 12.0. The highest BCUT2D eigenvalue weighted by molar-refractivity contribution is 5.94. The molecule has 0 bridgehead atoms. The normalized spacial score (nSPS) is 10.5. The fraction of sp³-hybridized carbons (Fsp3) is 0.312. The second-order valence-corrected chi connectivity index (χ2v) is 4.76. The quantitative estimate of drug-likeness (QED) is 0.896. The highest BCUT2D eigenvalue weighted by atomic mass is 16.1. The number of hydrogen-bond acceptors (Lipinski definition) is 1. The molecule has 1 heterocycles. The van der Waals surface area contributed by atoms with Crippen molar-refractivity contribution >= 4 is 5.91 Å². The molecule has 0 radical (unpaired) electrons. The third-order valence-electron chi connectivity index (χ3n) is 3.53. The van der Waals surface area contributed by atoms with E-state index in [1.165, 1.54) is 11.3 Å². The molecule has 3 nitrogen and oxygen atoms in total. The van der Waals surface area contributed by atoms with Gasteiger partial charge >= 0.3 is 0 Å². The first-order valence-corrected chi connectivity index (χ1v) is 6.60. The Labute approximate surface area is 114 Å². The zero-order valence-corrected chi connectivity index (χ0v) is 11.7. The number of benzene rings is 1. The number of aryl methyl sites for hydroxylation is 2. The number of rotatable bonds is 4. The molecule has 100 valence electrons. The van der Waals surface area contributed by atoms with Gasteiger partial charge in [0.25, 0.3) is 5.91 Å². The zero-order valence-electron chi connectivity index (χ0n) is 11.7. The van der Waals surface area contributed by atoms with Crippen LogP contribution in [-0.2, 0) is 20.0 Å². The monoisotopic (exact) mass is 256 g/mol. The van der Waals surface area contributed by atoms with Crippen LogP contribution < -0.4 is 5.32 Å². The van der Waals surface area contributed by atoms with Gasteiger partial charge in [0, 0.05) is 24.0 Å². The Balaban J connectivity index is 1.99. The van der Waals surface area contributed by atoms with Gasteiger partial charge in [-0.15, -0.1) is 0 Å². The lowest BCUT2D eigenvalue weighted by Gasteiger charge is -2.08. The summed E-state index contributed by atoms with van der Waals surface area (Å²) in [6.45, 7) is 4.71. The molecule has 0 saturated heterocycles. The van der Waals surface area contributed by atoms with Crippen molar-refractivity contribution in [3.05, 3.63) is 58.9 Å². The molecule has 0 saturated carbocycles. The van der Waals surface area contributed by atoms with Crippen LogP contribution in [0.25, 0.3) is 0 Å². The molecule has 1 amide bonds. The largest absolute Gasteiger partial charge is 0.350 e. The maximum absolute atomic E-state index is 12.0. The number of nitrogens with zero attached hydrogens (tertiary/aromatic N) is 1. The Kier molecular flexibility index (Phi) is 4.05. The van der Waals surface area contributed by atoms with Crippen molar-refractivity contribution in [1.29, 1.82) is 0 Å². The van der Waals surface area contributed by atoms with Crippen molar-refractivity contribution in [3.63, 3.8) is 0 Å². The Morgan fingerprint density at radius 2 is 1.84 bits per heavy atom. The fourth-order valence-corrected chi connectivity index (χ4v) is 2.01. The molecule has 0 fully saturated rings. The first kappa shape index (κ1) is 13.4. The van der Waals surface area contributed by atoms with Crippen molar-refractivity contribution in [3.8, 4) is 0 Å². The molecular formula is C16H20N2O. The minimum atomic E-state index is -0.0264. The van der Waals surface area contributed by atoms with Gasteiger partial charge in [0.05, 0.1) is 6.54 Å². The van der Waals surface area contributed by atoms with Crippen molar-refractivity contribution in [2.45, 2.75) is 26.8 Å². The molecular weight excluding hydrogens is 236 g/mol. The Bertz CT molecular complexity index is 567. The topological polar surface area (TPSA) is 34.0 Å². The molecule has 1 aromatic carbocycles. The van der Waals surface area contributed by atoms with E-state index < -0.39 is 0 Å². The van der Waals surface area contributed by atoms with E-state index in [4.69, 9.17) is 0 Å². The van der Waals surface area contributed by atoms with E-state index in [1.807, 2.05) is 37.4 Å². The van der Waals surface area contributed by atoms with Crippen LogP contribution in [0.1, 0.15) is 34.2 Å². The van der Waals surface area contributed by atoms with Crippen molar-refractivity contribution in [2.24, 2.45) is 7.05 Å². The van der Waals surface area contributed by atoms with Gasteiger partial charge in [0.15, 0.2) is 0 Å². The highest BCUT2D eigenvalue weighted by Gasteiger charge is 2.06. The van der Waals surface area contributed by atoms with E-state index in [1.54, 1.807) is 0 Å². The maximum Gasteiger partial charge on any atom is 0.251 e. The highest BCUT2D eigenvalue weighted by Crippen LogP contribution is 2.07. The summed E-state index contributed by atoms with van der Waals surface area (Å²) in [5.41, 5.74) is 4.25. The summed E-state index contributed by atoms with van der Waals surface area (Å²) in [5.74, 6) is -0.0264. The summed E-state index contributed by atoms with van der Waals surface area (Å²) in [5, 5.41) is 2.95. The molecule has 19 heavy (non-hydrogen) atoms. The summed E-state index contributed by atoms with van der Waals surface area (Å²) >= 11 is 0. The van der Waals surface area contributed by atoms with Crippen LogP contribution in [0, 0.1) is 6.92 Å². The molecule has 2 rings (SSSR count). The van der Waals surface area contributed by atoms with Crippen LogP contribution in [0.2, 0.25) is 0 Å². The van der Waals surface area contributed by atoms with E-state index in [9.17, 15) is 4.79 Å². The molecule has 0 unspecified atom stereocenters. The summed E-state index contributed by atoms with van der Waals surface area (Å²) in [7, 11) is 2.01. The lowest BCUT2D eigenvalue weighted by Crippen LogP contribution is -2.23. The average Bonchev–Trinajstić information content (AvgIpc) is 2.76. The molecule has 2 aromatic rings. The summed E-state index contributed by atoms with van der Waals surface area (Å²) in [6, 6.07) is 11.9. The number of amides is 1. The van der Waals surface area contributed by atoms with E-state index in [0.29, 0.717) is 12.1 Å². The zero-order chi connectivity index (χ0) is 13.8. The standard InChI is InChI=1S/C16H20N2O/c1-4-13-6-8-14(9-7-13)16(19)17-11-15-10-5-12(2)18(15)3/h5-10H,4,11H2,1-3H3,(H,17,19). The van der Waals surface area contributed by atoms with Crippen LogP contribution in [0.15, 0.2) is 36.4 Å². The van der Waals surface area contributed by atoms with Gasteiger partial charge in [-0.3, -0.25) is 4.79 Å². The van der Waals surface area contributed by atoms with Crippen molar-refractivity contribution in [1.82, 2.24) is 9.88 Å². The number of nitrogens with one attached hydrogen (secondary N) is 1. The Morgan fingerprint density at radius 3 is 2.37 bits per heavy atom. The van der Waals surface area contributed by atoms with Crippen LogP contribution >= 0.6 is 0 Å².